The second kappa shape index (κ2) is 6.15. The van der Waals surface area contributed by atoms with Gasteiger partial charge in [-0.1, -0.05) is 57.3 Å². The molecule has 1 saturated carbocycles. The lowest BCUT2D eigenvalue weighted by molar-refractivity contribution is 0.339. The van der Waals surface area contributed by atoms with Gasteiger partial charge in [-0.15, -0.1) is 0 Å². The lowest BCUT2D eigenvalue weighted by Gasteiger charge is -2.20. The molecule has 0 amide bonds. The minimum absolute atomic E-state index is 0.263. The van der Waals surface area contributed by atoms with Crippen LogP contribution < -0.4 is 0 Å². The zero-order valence-corrected chi connectivity index (χ0v) is 13.6. The summed E-state index contributed by atoms with van der Waals surface area (Å²) in [5, 5.41) is 15.1. The molecule has 1 aliphatic rings. The number of hydrogen-bond donors (Lipinski definition) is 0. The average molecular weight is 302 g/mol. The lowest BCUT2D eigenvalue weighted by atomic mass is 9.86. The van der Waals surface area contributed by atoms with Crippen molar-refractivity contribution in [1.82, 2.24) is 14.6 Å². The highest BCUT2D eigenvalue weighted by Crippen LogP contribution is 2.29. The molecule has 4 nitrogen and oxygen atoms in total. The van der Waals surface area contributed by atoms with Crippen LogP contribution in [-0.4, -0.2) is 14.6 Å². The maximum absolute atomic E-state index is 9.35. The van der Waals surface area contributed by atoms with E-state index >= 15 is 0 Å². The van der Waals surface area contributed by atoms with E-state index in [4.69, 9.17) is 0 Å². The summed E-state index contributed by atoms with van der Waals surface area (Å²) < 4.78 is 1.75. The van der Waals surface area contributed by atoms with Gasteiger partial charge in [-0.2, -0.15) is 14.9 Å². The van der Waals surface area contributed by atoms with E-state index in [1.165, 1.54) is 38.5 Å². The van der Waals surface area contributed by atoms with Gasteiger partial charge in [-0.25, -0.2) is 4.98 Å². The van der Waals surface area contributed by atoms with Crippen LogP contribution in [0, 0.1) is 17.2 Å². The Kier molecular flexibility index (Phi) is 4.25. The van der Waals surface area contributed by atoms with Crippen LogP contribution in [0.1, 0.15) is 74.7 Å². The van der Waals surface area contributed by atoms with Crippen LogP contribution in [0.4, 0.5) is 0 Å². The Morgan fingerprint density at radius 1 is 1.33 bits per heavy atom. The number of nitrogens with zero attached hydrogens (tertiary/aromatic N) is 4. The summed E-state index contributed by atoms with van der Waals surface area (Å²) in [6, 6.07) is 2.26. The van der Waals surface area contributed by atoms with Crippen molar-refractivity contribution >= 4 is 16.3 Å². The predicted octanol–water partition coefficient (Wildman–Crippen LogP) is 4.30. The van der Waals surface area contributed by atoms with E-state index in [9.17, 15) is 5.26 Å². The second-order valence-electron chi connectivity index (χ2n) is 6.35. The predicted molar refractivity (Wildman–Crippen MR) is 84.6 cm³/mol. The summed E-state index contributed by atoms with van der Waals surface area (Å²) in [6.07, 6.45) is 9.21. The first-order chi connectivity index (χ1) is 10.2. The molecule has 0 radical (unpaired) electrons. The molecule has 112 valence electrons. The molecule has 0 N–H and O–H groups in total. The SMILES string of the molecule is CC(C)c1nc2sc(CCC3CCCCC3)nn2c1C#N. The molecule has 3 rings (SSSR count). The van der Waals surface area contributed by atoms with E-state index in [2.05, 4.69) is 30.0 Å². The molecule has 0 atom stereocenters. The first kappa shape index (κ1) is 14.5. The van der Waals surface area contributed by atoms with Gasteiger partial charge in [0, 0.05) is 6.42 Å². The van der Waals surface area contributed by atoms with Crippen LogP contribution in [0.5, 0.6) is 0 Å². The summed E-state index contributed by atoms with van der Waals surface area (Å²) in [6.45, 7) is 4.13. The maximum atomic E-state index is 9.35. The summed E-state index contributed by atoms with van der Waals surface area (Å²) in [4.78, 5) is 5.46. The highest BCUT2D eigenvalue weighted by molar-refractivity contribution is 7.16. The molecule has 0 aromatic carbocycles. The van der Waals surface area contributed by atoms with Crippen LogP contribution >= 0.6 is 11.3 Å². The third-order valence-electron chi connectivity index (χ3n) is 4.42. The van der Waals surface area contributed by atoms with Crippen molar-refractivity contribution in [3.8, 4) is 6.07 Å². The molecule has 2 heterocycles. The molecule has 0 spiro atoms. The quantitative estimate of drug-likeness (QED) is 0.846. The monoisotopic (exact) mass is 302 g/mol. The zero-order valence-electron chi connectivity index (χ0n) is 12.8. The Morgan fingerprint density at radius 3 is 2.76 bits per heavy atom. The molecule has 2 aromatic rings. The highest BCUT2D eigenvalue weighted by atomic mass is 32.1. The molecule has 2 aromatic heterocycles. The number of aromatic nitrogens is 3. The molecular formula is C16H22N4S. The van der Waals surface area contributed by atoms with Crippen molar-refractivity contribution in [2.24, 2.45) is 5.92 Å². The molecular weight excluding hydrogens is 280 g/mol. The largest absolute Gasteiger partial charge is 0.221 e. The van der Waals surface area contributed by atoms with Crippen LogP contribution in [0.2, 0.25) is 0 Å². The normalized spacial score (nSPS) is 16.7. The lowest BCUT2D eigenvalue weighted by Crippen LogP contribution is -2.07. The first-order valence-corrected chi connectivity index (χ1v) is 8.79. The highest BCUT2D eigenvalue weighted by Gasteiger charge is 2.19. The summed E-state index contributed by atoms with van der Waals surface area (Å²) in [5.74, 6) is 1.14. The van der Waals surface area contributed by atoms with Gasteiger partial charge in [-0.3, -0.25) is 0 Å². The Hall–Kier alpha value is -1.41. The topological polar surface area (TPSA) is 54.0 Å². The van der Waals surface area contributed by atoms with E-state index in [0.29, 0.717) is 5.69 Å². The number of aryl methyl sites for hydroxylation is 1. The van der Waals surface area contributed by atoms with Crippen molar-refractivity contribution in [3.05, 3.63) is 16.4 Å². The average Bonchev–Trinajstić information content (AvgIpc) is 3.03. The van der Waals surface area contributed by atoms with Crippen molar-refractivity contribution in [2.45, 2.75) is 64.7 Å². The smallest absolute Gasteiger partial charge is 0.213 e. The maximum Gasteiger partial charge on any atom is 0.213 e. The third kappa shape index (κ3) is 2.96. The Balaban J connectivity index is 1.75. The van der Waals surface area contributed by atoms with Crippen LogP contribution in [0.3, 0.4) is 0 Å². The third-order valence-corrected chi connectivity index (χ3v) is 5.38. The van der Waals surface area contributed by atoms with Crippen LogP contribution in [-0.2, 0) is 6.42 Å². The van der Waals surface area contributed by atoms with E-state index in [0.717, 1.165) is 28.0 Å². The molecule has 0 bridgehead atoms. The molecule has 0 unspecified atom stereocenters. The van der Waals surface area contributed by atoms with Gasteiger partial charge in [-0.05, 0) is 18.3 Å². The van der Waals surface area contributed by atoms with E-state index in [-0.39, 0.29) is 5.92 Å². The van der Waals surface area contributed by atoms with E-state index < -0.39 is 0 Å². The fourth-order valence-electron chi connectivity index (χ4n) is 3.22. The van der Waals surface area contributed by atoms with Crippen LogP contribution in [0.15, 0.2) is 0 Å². The van der Waals surface area contributed by atoms with Gasteiger partial charge >= 0.3 is 0 Å². The summed E-state index contributed by atoms with van der Waals surface area (Å²) >= 11 is 1.64. The fourth-order valence-corrected chi connectivity index (χ4v) is 4.13. The second-order valence-corrected chi connectivity index (χ2v) is 7.39. The zero-order chi connectivity index (χ0) is 14.8. The number of fused-ring (bicyclic) bond motifs is 1. The Bertz CT molecular complexity index is 656. The van der Waals surface area contributed by atoms with Crippen molar-refractivity contribution in [2.75, 3.05) is 0 Å². The molecule has 1 aliphatic carbocycles. The van der Waals surface area contributed by atoms with Crippen molar-refractivity contribution in [3.63, 3.8) is 0 Å². The van der Waals surface area contributed by atoms with Gasteiger partial charge < -0.3 is 0 Å². The number of nitriles is 1. The molecule has 5 heteroatoms. The van der Waals surface area contributed by atoms with Gasteiger partial charge in [0.05, 0.1) is 5.69 Å². The Morgan fingerprint density at radius 2 is 2.10 bits per heavy atom. The number of imidazole rings is 1. The number of hydrogen-bond acceptors (Lipinski definition) is 4. The Labute approximate surface area is 129 Å². The van der Waals surface area contributed by atoms with Crippen molar-refractivity contribution < 1.29 is 0 Å². The minimum atomic E-state index is 0.263. The standard InChI is InChI=1S/C16H22N4S/c1-11(2)15-13(10-17)20-16(18-15)21-14(19-20)9-8-12-6-4-3-5-7-12/h11-12H,3-9H2,1-2H3. The minimum Gasteiger partial charge on any atom is -0.221 e. The summed E-state index contributed by atoms with van der Waals surface area (Å²) in [5.41, 5.74) is 1.48. The van der Waals surface area contributed by atoms with E-state index in [1.807, 2.05) is 0 Å². The molecule has 21 heavy (non-hydrogen) atoms. The molecule has 0 saturated heterocycles. The summed E-state index contributed by atoms with van der Waals surface area (Å²) in [7, 11) is 0. The number of rotatable bonds is 4. The van der Waals surface area contributed by atoms with Gasteiger partial charge in [0.2, 0.25) is 4.96 Å². The molecule has 1 fully saturated rings. The van der Waals surface area contributed by atoms with Crippen LogP contribution in [0.25, 0.3) is 4.96 Å². The van der Waals surface area contributed by atoms with Crippen molar-refractivity contribution in [1.29, 1.82) is 5.26 Å². The van der Waals surface area contributed by atoms with E-state index in [1.54, 1.807) is 15.9 Å². The van der Waals surface area contributed by atoms with Gasteiger partial charge in [0.15, 0.2) is 5.69 Å². The first-order valence-electron chi connectivity index (χ1n) is 7.97. The van der Waals surface area contributed by atoms with Gasteiger partial charge in [0.25, 0.3) is 0 Å². The fraction of sp³-hybridized carbons (Fsp3) is 0.688. The molecule has 0 aliphatic heterocycles. The van der Waals surface area contributed by atoms with Gasteiger partial charge in [0.1, 0.15) is 11.1 Å².